The molecule has 2 aromatic heterocycles. The molecule has 1 N–H and O–H groups in total. The zero-order valence-corrected chi connectivity index (χ0v) is 16.3. The molecule has 1 atom stereocenters. The molecule has 0 radical (unpaired) electrons. The number of likely N-dealkylation sites (tertiary alicyclic amines) is 1. The molecular formula is C21H22N4O2S. The van der Waals surface area contributed by atoms with Gasteiger partial charge in [-0.1, -0.05) is 30.3 Å². The minimum atomic E-state index is -0.352. The molecular weight excluding hydrogens is 372 g/mol. The Morgan fingerprint density at radius 3 is 2.68 bits per heavy atom. The molecule has 1 aromatic carbocycles. The van der Waals surface area contributed by atoms with E-state index in [-0.39, 0.29) is 23.3 Å². The Kier molecular flexibility index (Phi) is 4.19. The van der Waals surface area contributed by atoms with Gasteiger partial charge in [-0.3, -0.25) is 14.0 Å². The predicted molar refractivity (Wildman–Crippen MR) is 107 cm³/mol. The van der Waals surface area contributed by atoms with Crippen LogP contribution in [0.25, 0.3) is 4.96 Å². The minimum Gasteiger partial charge on any atom is -0.344 e. The highest BCUT2D eigenvalue weighted by Crippen LogP contribution is 2.41. The fourth-order valence-corrected chi connectivity index (χ4v) is 5.24. The number of benzene rings is 1. The van der Waals surface area contributed by atoms with E-state index >= 15 is 0 Å². The first kappa shape index (κ1) is 17.4. The first-order valence-corrected chi connectivity index (χ1v) is 10.6. The van der Waals surface area contributed by atoms with Gasteiger partial charge in [-0.05, 0) is 24.8 Å². The topological polar surface area (TPSA) is 66.7 Å². The highest BCUT2D eigenvalue weighted by Gasteiger charge is 2.42. The van der Waals surface area contributed by atoms with Crippen LogP contribution in [-0.4, -0.2) is 45.2 Å². The fraction of sp³-hybridized carbons (Fsp3) is 0.381. The largest absolute Gasteiger partial charge is 0.344 e. The van der Waals surface area contributed by atoms with Crippen LogP contribution in [0.5, 0.6) is 0 Å². The van der Waals surface area contributed by atoms with Crippen molar-refractivity contribution in [3.63, 3.8) is 0 Å². The lowest BCUT2D eigenvalue weighted by atomic mass is 9.70. The van der Waals surface area contributed by atoms with E-state index in [1.807, 2.05) is 22.5 Å². The number of hydrogen-bond acceptors (Lipinski definition) is 4. The van der Waals surface area contributed by atoms with Gasteiger partial charge in [-0.25, -0.2) is 4.98 Å². The summed E-state index contributed by atoms with van der Waals surface area (Å²) < 4.78 is 2.08. The monoisotopic (exact) mass is 394 g/mol. The van der Waals surface area contributed by atoms with Crippen LogP contribution in [0.15, 0.2) is 48.1 Å². The molecule has 2 fully saturated rings. The van der Waals surface area contributed by atoms with E-state index in [0.29, 0.717) is 25.9 Å². The third-order valence-electron chi connectivity index (χ3n) is 6.13. The molecule has 4 heterocycles. The van der Waals surface area contributed by atoms with E-state index in [9.17, 15) is 9.59 Å². The second-order valence-corrected chi connectivity index (χ2v) is 8.52. The molecule has 5 rings (SSSR count). The third kappa shape index (κ3) is 2.81. The molecule has 0 spiro atoms. The maximum atomic E-state index is 12.8. The zero-order chi connectivity index (χ0) is 19.1. The summed E-state index contributed by atoms with van der Waals surface area (Å²) in [5.74, 6) is 0.0328. The molecule has 144 valence electrons. The quantitative estimate of drug-likeness (QED) is 0.743. The van der Waals surface area contributed by atoms with Gasteiger partial charge in [-0.15, -0.1) is 11.3 Å². The highest BCUT2D eigenvalue weighted by atomic mass is 32.1. The van der Waals surface area contributed by atoms with Crippen molar-refractivity contribution in [3.05, 3.63) is 59.4 Å². The van der Waals surface area contributed by atoms with Crippen LogP contribution in [0.1, 0.15) is 36.9 Å². The third-order valence-corrected chi connectivity index (χ3v) is 6.90. The lowest BCUT2D eigenvalue weighted by molar-refractivity contribution is -0.135. The summed E-state index contributed by atoms with van der Waals surface area (Å²) in [4.78, 5) is 32.1. The Morgan fingerprint density at radius 1 is 1.21 bits per heavy atom. The summed E-state index contributed by atoms with van der Waals surface area (Å²) in [6.07, 6.45) is 6.88. The van der Waals surface area contributed by atoms with Gasteiger partial charge in [-0.2, -0.15) is 0 Å². The van der Waals surface area contributed by atoms with Gasteiger partial charge in [0.2, 0.25) is 11.8 Å². The number of carbonyl (C=O) groups excluding carboxylic acids is 2. The number of nitrogens with zero attached hydrogens (tertiary/aromatic N) is 3. The van der Waals surface area contributed by atoms with Crippen molar-refractivity contribution in [2.24, 2.45) is 0 Å². The SMILES string of the molecule is O=C1CCC(C(=O)N2CCC(c3ccccc3)(c3cn4ccsc4n3)CC2)N1. The lowest BCUT2D eigenvalue weighted by Gasteiger charge is -2.42. The average molecular weight is 395 g/mol. The number of piperidine rings is 1. The van der Waals surface area contributed by atoms with E-state index in [0.717, 1.165) is 23.5 Å². The van der Waals surface area contributed by atoms with Gasteiger partial charge in [0.25, 0.3) is 0 Å². The van der Waals surface area contributed by atoms with Crippen molar-refractivity contribution in [1.29, 1.82) is 0 Å². The summed E-state index contributed by atoms with van der Waals surface area (Å²) in [7, 11) is 0. The van der Waals surface area contributed by atoms with Crippen molar-refractivity contribution in [3.8, 4) is 0 Å². The number of rotatable bonds is 3. The second kappa shape index (κ2) is 6.74. The van der Waals surface area contributed by atoms with E-state index in [1.54, 1.807) is 11.3 Å². The van der Waals surface area contributed by atoms with Crippen LogP contribution < -0.4 is 5.32 Å². The molecule has 0 saturated carbocycles. The van der Waals surface area contributed by atoms with Gasteiger partial charge in [0.05, 0.1) is 5.69 Å². The Bertz CT molecular complexity index is 989. The molecule has 28 heavy (non-hydrogen) atoms. The van der Waals surface area contributed by atoms with E-state index in [1.165, 1.54) is 5.56 Å². The molecule has 6 nitrogen and oxygen atoms in total. The maximum Gasteiger partial charge on any atom is 0.245 e. The van der Waals surface area contributed by atoms with Crippen LogP contribution >= 0.6 is 11.3 Å². The van der Waals surface area contributed by atoms with Crippen molar-refractivity contribution in [2.75, 3.05) is 13.1 Å². The van der Waals surface area contributed by atoms with Crippen LogP contribution in [0, 0.1) is 0 Å². The van der Waals surface area contributed by atoms with Gasteiger partial charge in [0, 0.05) is 42.7 Å². The van der Waals surface area contributed by atoms with Crippen molar-refractivity contribution in [1.82, 2.24) is 19.6 Å². The van der Waals surface area contributed by atoms with Gasteiger partial charge in [0.15, 0.2) is 4.96 Å². The Labute approximate surface area is 167 Å². The molecule has 1 unspecified atom stereocenters. The smallest absolute Gasteiger partial charge is 0.245 e. The molecule has 7 heteroatoms. The standard InChI is InChI=1S/C21H22N4O2S/c26-18-7-6-16(22-18)19(27)24-10-8-21(9-11-24,15-4-2-1-3-5-15)17-14-25-12-13-28-20(25)23-17/h1-5,12-14,16H,6-11H2,(H,22,26). The number of hydrogen-bond donors (Lipinski definition) is 1. The van der Waals surface area contributed by atoms with Crippen LogP contribution in [0.2, 0.25) is 0 Å². The minimum absolute atomic E-state index is 0.0212. The van der Waals surface area contributed by atoms with Crippen LogP contribution in [-0.2, 0) is 15.0 Å². The molecule has 3 aromatic rings. The highest BCUT2D eigenvalue weighted by molar-refractivity contribution is 7.15. The molecule has 2 aliphatic rings. The number of carbonyl (C=O) groups is 2. The summed E-state index contributed by atoms with van der Waals surface area (Å²) in [5, 5.41) is 4.84. The van der Waals surface area contributed by atoms with Gasteiger partial charge in [0.1, 0.15) is 6.04 Å². The molecule has 0 aliphatic carbocycles. The van der Waals surface area contributed by atoms with Crippen LogP contribution in [0.4, 0.5) is 0 Å². The number of fused-ring (bicyclic) bond motifs is 1. The van der Waals surface area contributed by atoms with E-state index in [2.05, 4.69) is 40.2 Å². The van der Waals surface area contributed by atoms with Crippen molar-refractivity contribution < 1.29 is 9.59 Å². The Hall–Kier alpha value is -2.67. The average Bonchev–Trinajstić information content (AvgIpc) is 3.44. The number of nitrogens with one attached hydrogen (secondary N) is 1. The van der Waals surface area contributed by atoms with E-state index < -0.39 is 0 Å². The summed E-state index contributed by atoms with van der Waals surface area (Å²) in [6, 6.07) is 10.2. The Balaban J connectivity index is 1.44. The number of thiazole rings is 1. The first-order valence-electron chi connectivity index (χ1n) is 9.72. The number of imidazole rings is 1. The maximum absolute atomic E-state index is 12.8. The zero-order valence-electron chi connectivity index (χ0n) is 15.5. The first-order chi connectivity index (χ1) is 13.7. The molecule has 2 aliphatic heterocycles. The predicted octanol–water partition coefficient (Wildman–Crippen LogP) is 2.58. The number of amides is 2. The van der Waals surface area contributed by atoms with Gasteiger partial charge < -0.3 is 10.2 Å². The van der Waals surface area contributed by atoms with Crippen LogP contribution in [0.3, 0.4) is 0 Å². The summed E-state index contributed by atoms with van der Waals surface area (Å²) in [5.41, 5.74) is 2.14. The molecule has 2 saturated heterocycles. The van der Waals surface area contributed by atoms with Crippen molar-refractivity contribution >= 4 is 28.1 Å². The fourth-order valence-electron chi connectivity index (χ4n) is 4.54. The Morgan fingerprint density at radius 2 is 2.00 bits per heavy atom. The lowest BCUT2D eigenvalue weighted by Crippen LogP contribution is -2.51. The van der Waals surface area contributed by atoms with Gasteiger partial charge >= 0.3 is 0 Å². The molecule has 2 amide bonds. The summed E-state index contributed by atoms with van der Waals surface area (Å²) in [6.45, 7) is 1.34. The second-order valence-electron chi connectivity index (χ2n) is 7.65. The number of aromatic nitrogens is 2. The molecule has 0 bridgehead atoms. The van der Waals surface area contributed by atoms with E-state index in [4.69, 9.17) is 4.98 Å². The summed E-state index contributed by atoms with van der Waals surface area (Å²) >= 11 is 1.64. The van der Waals surface area contributed by atoms with Crippen molar-refractivity contribution in [2.45, 2.75) is 37.1 Å². The normalized spacial score (nSPS) is 21.8.